The molecule has 0 bridgehead atoms. The minimum atomic E-state index is -0.0745. The van der Waals surface area contributed by atoms with Crippen LogP contribution in [0, 0.1) is 6.92 Å². The van der Waals surface area contributed by atoms with Gasteiger partial charge in [0, 0.05) is 16.4 Å². The summed E-state index contributed by atoms with van der Waals surface area (Å²) in [6, 6.07) is 6.26. The number of ketones is 1. The fraction of sp³-hybridized carbons (Fsp3) is 0.462. The van der Waals surface area contributed by atoms with Gasteiger partial charge >= 0.3 is 0 Å². The van der Waals surface area contributed by atoms with Crippen molar-refractivity contribution < 1.29 is 4.79 Å². The first kappa shape index (κ1) is 11.6. The number of benzene rings is 1. The van der Waals surface area contributed by atoms with Crippen molar-refractivity contribution >= 4 is 27.4 Å². The summed E-state index contributed by atoms with van der Waals surface area (Å²) >= 11 is 3.58. The van der Waals surface area contributed by atoms with Crippen LogP contribution in [0.25, 0.3) is 0 Å². The van der Waals surface area contributed by atoms with Gasteiger partial charge in [-0.15, -0.1) is 0 Å². The van der Waals surface area contributed by atoms with Crippen LogP contribution in [-0.4, -0.2) is 17.9 Å². The number of carbonyl (C=O) groups excluding carboxylic acids is 1. The van der Waals surface area contributed by atoms with Gasteiger partial charge in [-0.05, 0) is 54.4 Å². The van der Waals surface area contributed by atoms with Gasteiger partial charge in [-0.1, -0.05) is 6.07 Å². The fourth-order valence-corrected chi connectivity index (χ4v) is 2.97. The summed E-state index contributed by atoms with van der Waals surface area (Å²) in [5.41, 5.74) is 2.26. The van der Waals surface area contributed by atoms with E-state index in [-0.39, 0.29) is 5.54 Å². The number of anilines is 1. The van der Waals surface area contributed by atoms with Gasteiger partial charge in [-0.3, -0.25) is 4.79 Å². The molecule has 2 nitrogen and oxygen atoms in total. The van der Waals surface area contributed by atoms with Gasteiger partial charge < -0.3 is 4.90 Å². The number of carbonyl (C=O) groups is 1. The average molecular weight is 282 g/mol. The Labute approximate surface area is 105 Å². The number of rotatable bonds is 1. The maximum Gasteiger partial charge on any atom is 0.154 e. The number of Topliss-reactive ketones (excluding diaryl/α,β-unsaturated/α-hetero) is 1. The Morgan fingerprint density at radius 3 is 2.56 bits per heavy atom. The molecule has 86 valence electrons. The molecule has 0 atom stereocenters. The standard InChI is InChI=1S/C13H16BrNO/c1-9-4-5-12(11(14)6-9)15-8-10(16)7-13(15,2)3/h4-6H,7-8H2,1-3H3. The highest BCUT2D eigenvalue weighted by Gasteiger charge is 2.37. The summed E-state index contributed by atoms with van der Waals surface area (Å²) in [4.78, 5) is 13.7. The minimum Gasteiger partial charge on any atom is -0.358 e. The highest BCUT2D eigenvalue weighted by Crippen LogP contribution is 2.36. The van der Waals surface area contributed by atoms with Gasteiger partial charge in [-0.25, -0.2) is 0 Å². The molecule has 16 heavy (non-hydrogen) atoms. The Morgan fingerprint density at radius 2 is 2.06 bits per heavy atom. The monoisotopic (exact) mass is 281 g/mol. The predicted molar refractivity (Wildman–Crippen MR) is 69.9 cm³/mol. The quantitative estimate of drug-likeness (QED) is 0.787. The molecule has 0 spiro atoms. The summed E-state index contributed by atoms with van der Waals surface area (Å²) in [5.74, 6) is 0.317. The first-order valence-corrected chi connectivity index (χ1v) is 6.25. The van der Waals surface area contributed by atoms with Crippen LogP contribution in [0.15, 0.2) is 22.7 Å². The SMILES string of the molecule is Cc1ccc(N2CC(=O)CC2(C)C)c(Br)c1. The molecule has 0 saturated carbocycles. The van der Waals surface area contributed by atoms with Crippen LogP contribution in [0.3, 0.4) is 0 Å². The van der Waals surface area contributed by atoms with E-state index in [9.17, 15) is 4.79 Å². The van der Waals surface area contributed by atoms with Crippen molar-refractivity contribution in [2.75, 3.05) is 11.4 Å². The Hall–Kier alpha value is -0.830. The van der Waals surface area contributed by atoms with Crippen molar-refractivity contribution in [1.29, 1.82) is 0 Å². The van der Waals surface area contributed by atoms with E-state index in [4.69, 9.17) is 0 Å². The highest BCUT2D eigenvalue weighted by molar-refractivity contribution is 9.10. The van der Waals surface area contributed by atoms with Crippen molar-refractivity contribution in [3.8, 4) is 0 Å². The second-order valence-corrected chi connectivity index (χ2v) is 5.92. The molecule has 0 unspecified atom stereocenters. The molecular weight excluding hydrogens is 266 g/mol. The van der Waals surface area contributed by atoms with Crippen LogP contribution in [0.1, 0.15) is 25.8 Å². The summed E-state index contributed by atoms with van der Waals surface area (Å²) in [7, 11) is 0. The van der Waals surface area contributed by atoms with Gasteiger partial charge in [0.15, 0.2) is 5.78 Å². The normalized spacial score (nSPS) is 19.2. The van der Waals surface area contributed by atoms with Gasteiger partial charge in [0.1, 0.15) is 0 Å². The molecule has 0 aliphatic carbocycles. The molecule has 0 amide bonds. The number of nitrogens with zero attached hydrogens (tertiary/aromatic N) is 1. The van der Waals surface area contributed by atoms with Gasteiger partial charge in [0.25, 0.3) is 0 Å². The molecule has 1 aliphatic rings. The summed E-state index contributed by atoms with van der Waals surface area (Å²) in [6.07, 6.45) is 0.632. The lowest BCUT2D eigenvalue weighted by atomic mass is 10.0. The molecule has 0 aromatic heterocycles. The van der Waals surface area contributed by atoms with E-state index in [2.05, 4.69) is 59.8 Å². The molecule has 1 aliphatic heterocycles. The Bertz CT molecular complexity index is 440. The van der Waals surface area contributed by atoms with E-state index in [0.717, 1.165) is 10.2 Å². The number of aryl methyl sites for hydroxylation is 1. The second-order valence-electron chi connectivity index (χ2n) is 5.07. The molecule has 1 fully saturated rings. The molecule has 1 aromatic rings. The average Bonchev–Trinajstić information content (AvgIpc) is 2.39. The van der Waals surface area contributed by atoms with E-state index in [0.29, 0.717) is 18.7 Å². The van der Waals surface area contributed by atoms with E-state index < -0.39 is 0 Å². The van der Waals surface area contributed by atoms with Crippen molar-refractivity contribution in [1.82, 2.24) is 0 Å². The van der Waals surface area contributed by atoms with Gasteiger partial charge in [-0.2, -0.15) is 0 Å². The van der Waals surface area contributed by atoms with E-state index in [1.165, 1.54) is 5.56 Å². The fourth-order valence-electron chi connectivity index (χ4n) is 2.27. The molecule has 1 heterocycles. The maximum atomic E-state index is 11.6. The van der Waals surface area contributed by atoms with Crippen LogP contribution in [-0.2, 0) is 4.79 Å². The predicted octanol–water partition coefficient (Wildman–Crippen LogP) is 3.32. The Morgan fingerprint density at radius 1 is 1.38 bits per heavy atom. The van der Waals surface area contributed by atoms with Crippen LogP contribution >= 0.6 is 15.9 Å². The summed E-state index contributed by atoms with van der Waals surface area (Å²) in [5, 5.41) is 0. The third-order valence-electron chi connectivity index (χ3n) is 3.09. The molecule has 1 aromatic carbocycles. The highest BCUT2D eigenvalue weighted by atomic mass is 79.9. The minimum absolute atomic E-state index is 0.0745. The van der Waals surface area contributed by atoms with Crippen LogP contribution in [0.2, 0.25) is 0 Å². The summed E-state index contributed by atoms with van der Waals surface area (Å²) < 4.78 is 1.07. The third-order valence-corrected chi connectivity index (χ3v) is 3.72. The molecular formula is C13H16BrNO. The number of hydrogen-bond acceptors (Lipinski definition) is 2. The van der Waals surface area contributed by atoms with Crippen molar-refractivity contribution in [3.05, 3.63) is 28.2 Å². The Kier molecular flexibility index (Phi) is 2.82. The van der Waals surface area contributed by atoms with Crippen LogP contribution < -0.4 is 4.90 Å². The summed E-state index contributed by atoms with van der Waals surface area (Å²) in [6.45, 7) is 6.82. The molecule has 1 saturated heterocycles. The molecule has 0 N–H and O–H groups in total. The zero-order chi connectivity index (χ0) is 11.9. The van der Waals surface area contributed by atoms with E-state index >= 15 is 0 Å². The van der Waals surface area contributed by atoms with Crippen LogP contribution in [0.5, 0.6) is 0 Å². The largest absolute Gasteiger partial charge is 0.358 e. The Balaban J connectivity index is 2.41. The molecule has 2 rings (SSSR count). The van der Waals surface area contributed by atoms with Crippen LogP contribution in [0.4, 0.5) is 5.69 Å². The van der Waals surface area contributed by atoms with E-state index in [1.54, 1.807) is 0 Å². The first-order chi connectivity index (χ1) is 7.40. The van der Waals surface area contributed by atoms with E-state index in [1.807, 2.05) is 0 Å². The number of hydrogen-bond donors (Lipinski definition) is 0. The first-order valence-electron chi connectivity index (χ1n) is 5.46. The van der Waals surface area contributed by atoms with Crippen molar-refractivity contribution in [2.45, 2.75) is 32.7 Å². The topological polar surface area (TPSA) is 20.3 Å². The van der Waals surface area contributed by atoms with Gasteiger partial charge in [0.2, 0.25) is 0 Å². The molecule has 0 radical (unpaired) electrons. The third kappa shape index (κ3) is 2.01. The zero-order valence-corrected chi connectivity index (χ0v) is 11.5. The van der Waals surface area contributed by atoms with Crippen molar-refractivity contribution in [3.63, 3.8) is 0 Å². The smallest absolute Gasteiger partial charge is 0.154 e. The van der Waals surface area contributed by atoms with Crippen molar-refractivity contribution in [2.24, 2.45) is 0 Å². The second kappa shape index (κ2) is 3.88. The lowest BCUT2D eigenvalue weighted by Crippen LogP contribution is -2.38. The van der Waals surface area contributed by atoms with Gasteiger partial charge in [0.05, 0.1) is 12.2 Å². The maximum absolute atomic E-state index is 11.6. The molecule has 3 heteroatoms. The lowest BCUT2D eigenvalue weighted by molar-refractivity contribution is -0.116. The lowest BCUT2D eigenvalue weighted by Gasteiger charge is -2.33. The number of halogens is 1. The zero-order valence-electron chi connectivity index (χ0n) is 9.88.